The Kier molecular flexibility index (Phi) is 4.42. The standard InChI is InChI=1S/C16H21NO3/c1-11(2)16(19)17-10-6-8-13(17)15(18)12-7-4-5-9-14(12)20-3/h4-5,7,9,11,13H,6,8,10H2,1-3H3. The number of likely N-dealkylation sites (tertiary alicyclic amines) is 1. The Morgan fingerprint density at radius 2 is 2.00 bits per heavy atom. The number of nitrogens with zero attached hydrogens (tertiary/aromatic N) is 1. The lowest BCUT2D eigenvalue weighted by Gasteiger charge is -2.25. The van der Waals surface area contributed by atoms with Crippen molar-refractivity contribution in [3.63, 3.8) is 0 Å². The van der Waals surface area contributed by atoms with Gasteiger partial charge in [0.1, 0.15) is 5.75 Å². The summed E-state index contributed by atoms with van der Waals surface area (Å²) in [5.41, 5.74) is 0.559. The van der Waals surface area contributed by atoms with E-state index in [0.717, 1.165) is 12.8 Å². The number of carbonyl (C=O) groups is 2. The Morgan fingerprint density at radius 3 is 2.65 bits per heavy atom. The molecule has 108 valence electrons. The first-order valence-electron chi connectivity index (χ1n) is 7.04. The fourth-order valence-corrected chi connectivity index (χ4v) is 2.66. The van der Waals surface area contributed by atoms with Gasteiger partial charge in [0.25, 0.3) is 0 Å². The Balaban J connectivity index is 2.26. The molecule has 4 nitrogen and oxygen atoms in total. The van der Waals surface area contributed by atoms with Crippen molar-refractivity contribution in [2.24, 2.45) is 5.92 Å². The van der Waals surface area contributed by atoms with E-state index >= 15 is 0 Å². The lowest BCUT2D eigenvalue weighted by Crippen LogP contribution is -2.42. The molecule has 0 saturated carbocycles. The van der Waals surface area contributed by atoms with E-state index in [1.165, 1.54) is 0 Å². The van der Waals surface area contributed by atoms with Crippen LogP contribution in [0, 0.1) is 5.92 Å². The predicted molar refractivity (Wildman–Crippen MR) is 76.9 cm³/mol. The zero-order valence-electron chi connectivity index (χ0n) is 12.3. The number of amides is 1. The number of ketones is 1. The predicted octanol–water partition coefficient (Wildman–Crippen LogP) is 2.52. The normalized spacial score (nSPS) is 18.4. The molecule has 1 aromatic rings. The average Bonchev–Trinajstić information content (AvgIpc) is 2.94. The number of rotatable bonds is 4. The van der Waals surface area contributed by atoms with Gasteiger partial charge in [-0.2, -0.15) is 0 Å². The molecule has 1 unspecified atom stereocenters. The molecule has 0 radical (unpaired) electrons. The highest BCUT2D eigenvalue weighted by atomic mass is 16.5. The average molecular weight is 275 g/mol. The van der Waals surface area contributed by atoms with E-state index in [-0.39, 0.29) is 23.7 Å². The van der Waals surface area contributed by atoms with Gasteiger partial charge in [0.15, 0.2) is 5.78 Å². The molecule has 1 saturated heterocycles. The fraction of sp³-hybridized carbons (Fsp3) is 0.500. The molecular weight excluding hydrogens is 254 g/mol. The Bertz CT molecular complexity index is 510. The lowest BCUT2D eigenvalue weighted by atomic mass is 10.0. The first-order chi connectivity index (χ1) is 9.56. The molecule has 1 amide bonds. The quantitative estimate of drug-likeness (QED) is 0.793. The Hall–Kier alpha value is -1.84. The summed E-state index contributed by atoms with van der Waals surface area (Å²) in [6.07, 6.45) is 1.61. The van der Waals surface area contributed by atoms with Crippen LogP contribution in [0.15, 0.2) is 24.3 Å². The van der Waals surface area contributed by atoms with E-state index < -0.39 is 0 Å². The number of hydrogen-bond acceptors (Lipinski definition) is 3. The van der Waals surface area contributed by atoms with Gasteiger partial charge >= 0.3 is 0 Å². The van der Waals surface area contributed by atoms with Gasteiger partial charge in [-0.15, -0.1) is 0 Å². The van der Waals surface area contributed by atoms with E-state index in [4.69, 9.17) is 4.74 Å². The summed E-state index contributed by atoms with van der Waals surface area (Å²) in [4.78, 5) is 26.6. The second-order valence-corrected chi connectivity index (χ2v) is 5.41. The molecule has 1 aromatic carbocycles. The molecule has 4 heteroatoms. The van der Waals surface area contributed by atoms with Gasteiger partial charge in [-0.1, -0.05) is 26.0 Å². The topological polar surface area (TPSA) is 46.6 Å². The molecule has 2 rings (SSSR count). The smallest absolute Gasteiger partial charge is 0.225 e. The van der Waals surface area contributed by atoms with Crippen LogP contribution in [0.5, 0.6) is 5.75 Å². The van der Waals surface area contributed by atoms with Crippen LogP contribution in [-0.2, 0) is 4.79 Å². The van der Waals surface area contributed by atoms with Crippen LogP contribution < -0.4 is 4.74 Å². The van der Waals surface area contributed by atoms with E-state index in [9.17, 15) is 9.59 Å². The highest BCUT2D eigenvalue weighted by Crippen LogP contribution is 2.27. The number of methoxy groups -OCH3 is 1. The number of Topliss-reactive ketones (excluding diaryl/α,β-unsaturated/α-hetero) is 1. The van der Waals surface area contributed by atoms with E-state index in [0.29, 0.717) is 17.9 Å². The lowest BCUT2D eigenvalue weighted by molar-refractivity contribution is -0.134. The molecule has 0 N–H and O–H groups in total. The number of carbonyl (C=O) groups excluding carboxylic acids is 2. The number of para-hydroxylation sites is 1. The van der Waals surface area contributed by atoms with Gasteiger partial charge < -0.3 is 9.64 Å². The maximum Gasteiger partial charge on any atom is 0.225 e. The summed E-state index contributed by atoms with van der Waals surface area (Å²) in [5, 5.41) is 0. The SMILES string of the molecule is COc1ccccc1C(=O)C1CCCN1C(=O)C(C)C. The molecule has 1 heterocycles. The van der Waals surface area contributed by atoms with E-state index in [1.807, 2.05) is 26.0 Å². The second-order valence-electron chi connectivity index (χ2n) is 5.41. The van der Waals surface area contributed by atoms with Gasteiger partial charge in [-0.05, 0) is 25.0 Å². The van der Waals surface area contributed by atoms with Crippen LogP contribution in [0.4, 0.5) is 0 Å². The highest BCUT2D eigenvalue weighted by molar-refractivity contribution is 6.04. The summed E-state index contributed by atoms with van der Waals surface area (Å²) in [6, 6.07) is 6.84. The van der Waals surface area contributed by atoms with Crippen molar-refractivity contribution in [1.82, 2.24) is 4.90 Å². The summed E-state index contributed by atoms with van der Waals surface area (Å²) in [7, 11) is 1.55. The molecule has 0 aliphatic carbocycles. The minimum absolute atomic E-state index is 0.0195. The summed E-state index contributed by atoms with van der Waals surface area (Å²) >= 11 is 0. The zero-order chi connectivity index (χ0) is 14.7. The molecule has 20 heavy (non-hydrogen) atoms. The van der Waals surface area contributed by atoms with Crippen LogP contribution in [-0.4, -0.2) is 36.3 Å². The Morgan fingerprint density at radius 1 is 1.30 bits per heavy atom. The van der Waals surface area contributed by atoms with Gasteiger partial charge in [0, 0.05) is 12.5 Å². The summed E-state index contributed by atoms with van der Waals surface area (Å²) in [5.74, 6) is 0.520. The van der Waals surface area contributed by atoms with Crippen molar-refractivity contribution >= 4 is 11.7 Å². The second kappa shape index (κ2) is 6.07. The zero-order valence-corrected chi connectivity index (χ0v) is 12.3. The van der Waals surface area contributed by atoms with Gasteiger partial charge in [0.05, 0.1) is 18.7 Å². The first-order valence-corrected chi connectivity index (χ1v) is 7.04. The van der Waals surface area contributed by atoms with Crippen molar-refractivity contribution in [3.8, 4) is 5.75 Å². The fourth-order valence-electron chi connectivity index (χ4n) is 2.66. The largest absolute Gasteiger partial charge is 0.496 e. The minimum atomic E-state index is -0.346. The third-order valence-electron chi connectivity index (χ3n) is 3.70. The molecule has 1 aliphatic rings. The molecule has 1 fully saturated rings. The van der Waals surface area contributed by atoms with Crippen molar-refractivity contribution in [2.45, 2.75) is 32.7 Å². The highest BCUT2D eigenvalue weighted by Gasteiger charge is 2.36. The summed E-state index contributed by atoms with van der Waals surface area (Å²) < 4.78 is 5.24. The molecule has 1 atom stereocenters. The van der Waals surface area contributed by atoms with E-state index in [1.54, 1.807) is 24.1 Å². The maximum atomic E-state index is 12.7. The molecule has 0 bridgehead atoms. The molecule has 0 spiro atoms. The molecule has 0 aromatic heterocycles. The van der Waals surface area contributed by atoms with Crippen molar-refractivity contribution in [3.05, 3.63) is 29.8 Å². The molecule has 1 aliphatic heterocycles. The van der Waals surface area contributed by atoms with Crippen LogP contribution in [0.2, 0.25) is 0 Å². The Labute approximate surface area is 119 Å². The van der Waals surface area contributed by atoms with Crippen molar-refractivity contribution in [1.29, 1.82) is 0 Å². The minimum Gasteiger partial charge on any atom is -0.496 e. The van der Waals surface area contributed by atoms with Crippen LogP contribution >= 0.6 is 0 Å². The summed E-state index contributed by atoms with van der Waals surface area (Å²) in [6.45, 7) is 4.40. The number of ether oxygens (including phenoxy) is 1. The van der Waals surface area contributed by atoms with Crippen LogP contribution in [0.25, 0.3) is 0 Å². The maximum absolute atomic E-state index is 12.7. The first kappa shape index (κ1) is 14.6. The van der Waals surface area contributed by atoms with Gasteiger partial charge in [-0.25, -0.2) is 0 Å². The van der Waals surface area contributed by atoms with Crippen LogP contribution in [0.1, 0.15) is 37.0 Å². The number of benzene rings is 1. The third-order valence-corrected chi connectivity index (χ3v) is 3.70. The van der Waals surface area contributed by atoms with Crippen molar-refractivity contribution < 1.29 is 14.3 Å². The monoisotopic (exact) mass is 275 g/mol. The van der Waals surface area contributed by atoms with Crippen LogP contribution in [0.3, 0.4) is 0 Å². The number of hydrogen-bond donors (Lipinski definition) is 0. The molecular formula is C16H21NO3. The van der Waals surface area contributed by atoms with E-state index in [2.05, 4.69) is 0 Å². The van der Waals surface area contributed by atoms with Gasteiger partial charge in [-0.3, -0.25) is 9.59 Å². The van der Waals surface area contributed by atoms with Gasteiger partial charge in [0.2, 0.25) is 5.91 Å². The third kappa shape index (κ3) is 2.69. The van der Waals surface area contributed by atoms with Crippen molar-refractivity contribution in [2.75, 3.05) is 13.7 Å².